The SMILES string of the molecule is CCOc1ccc(-n2c(C)nnc2S[C@H](C[N+](=O)[O-])c2cc(Br)c(OCc3ccc(C)cc3)c(OC)c2)cc1. The van der Waals surface area contributed by atoms with Crippen LogP contribution in [0.15, 0.2) is 70.3 Å². The van der Waals surface area contributed by atoms with Gasteiger partial charge in [-0.25, -0.2) is 0 Å². The number of halogens is 1. The highest BCUT2D eigenvalue weighted by Gasteiger charge is 2.26. The van der Waals surface area contributed by atoms with E-state index in [1.165, 1.54) is 17.3 Å². The monoisotopic (exact) mass is 612 g/mol. The van der Waals surface area contributed by atoms with Crippen molar-refractivity contribution in [3.05, 3.63) is 97.8 Å². The number of hydrogen-bond acceptors (Lipinski definition) is 8. The molecule has 0 bridgehead atoms. The second kappa shape index (κ2) is 13.0. The number of methoxy groups -OCH3 is 1. The van der Waals surface area contributed by atoms with E-state index >= 15 is 0 Å². The average Bonchev–Trinajstić information content (AvgIpc) is 3.28. The average molecular weight is 614 g/mol. The van der Waals surface area contributed by atoms with E-state index in [2.05, 4.69) is 26.1 Å². The first-order valence-electron chi connectivity index (χ1n) is 12.3. The van der Waals surface area contributed by atoms with E-state index < -0.39 is 5.25 Å². The molecule has 0 fully saturated rings. The number of rotatable bonds is 12. The van der Waals surface area contributed by atoms with Crippen LogP contribution >= 0.6 is 27.7 Å². The molecular weight excluding hydrogens is 584 g/mol. The molecule has 0 aliphatic heterocycles. The second-order valence-electron chi connectivity index (χ2n) is 8.72. The molecule has 0 unspecified atom stereocenters. The Morgan fingerprint density at radius 1 is 1.05 bits per heavy atom. The Bertz CT molecular complexity index is 1430. The number of ether oxygens (including phenoxy) is 3. The molecule has 0 aliphatic rings. The van der Waals surface area contributed by atoms with Crippen LogP contribution in [0.4, 0.5) is 0 Å². The Labute approximate surface area is 239 Å². The molecule has 0 spiro atoms. The van der Waals surface area contributed by atoms with Gasteiger partial charge in [-0.1, -0.05) is 41.6 Å². The molecule has 4 rings (SSSR count). The number of benzene rings is 3. The van der Waals surface area contributed by atoms with E-state index in [4.69, 9.17) is 14.2 Å². The van der Waals surface area contributed by atoms with Crippen molar-refractivity contribution in [2.24, 2.45) is 0 Å². The van der Waals surface area contributed by atoms with Crippen LogP contribution in [0.1, 0.15) is 34.7 Å². The fourth-order valence-electron chi connectivity index (χ4n) is 3.95. The maximum Gasteiger partial charge on any atom is 0.220 e. The van der Waals surface area contributed by atoms with Gasteiger partial charge in [0.15, 0.2) is 16.7 Å². The molecule has 1 atom stereocenters. The third-order valence-electron chi connectivity index (χ3n) is 5.89. The highest BCUT2D eigenvalue weighted by Crippen LogP contribution is 2.43. The van der Waals surface area contributed by atoms with Gasteiger partial charge in [-0.15, -0.1) is 10.2 Å². The molecule has 0 saturated heterocycles. The lowest BCUT2D eigenvalue weighted by Crippen LogP contribution is -2.12. The molecular formula is C28H29BrN4O5S. The lowest BCUT2D eigenvalue weighted by atomic mass is 10.1. The maximum atomic E-state index is 11.7. The van der Waals surface area contributed by atoms with Crippen molar-refractivity contribution in [2.75, 3.05) is 20.3 Å². The van der Waals surface area contributed by atoms with Crippen molar-refractivity contribution in [2.45, 2.75) is 37.8 Å². The van der Waals surface area contributed by atoms with Crippen molar-refractivity contribution in [3.63, 3.8) is 0 Å². The van der Waals surface area contributed by atoms with Gasteiger partial charge >= 0.3 is 0 Å². The van der Waals surface area contributed by atoms with Crippen molar-refractivity contribution < 1.29 is 19.1 Å². The molecule has 39 heavy (non-hydrogen) atoms. The number of nitrogens with zero attached hydrogens (tertiary/aromatic N) is 4. The summed E-state index contributed by atoms with van der Waals surface area (Å²) in [7, 11) is 1.55. The van der Waals surface area contributed by atoms with Gasteiger partial charge in [0.2, 0.25) is 6.54 Å². The van der Waals surface area contributed by atoms with Crippen LogP contribution in [0.2, 0.25) is 0 Å². The normalized spacial score (nSPS) is 11.7. The summed E-state index contributed by atoms with van der Waals surface area (Å²) in [5.41, 5.74) is 3.72. The number of thioether (sulfide) groups is 1. The van der Waals surface area contributed by atoms with Gasteiger partial charge < -0.3 is 14.2 Å². The minimum atomic E-state index is -0.568. The smallest absolute Gasteiger partial charge is 0.220 e. The van der Waals surface area contributed by atoms with Gasteiger partial charge in [-0.05, 0) is 84.2 Å². The van der Waals surface area contributed by atoms with E-state index in [1.54, 1.807) is 13.2 Å². The number of hydrogen-bond donors (Lipinski definition) is 0. The molecule has 11 heteroatoms. The summed E-state index contributed by atoms with van der Waals surface area (Å²) < 4.78 is 19.8. The zero-order valence-electron chi connectivity index (χ0n) is 22.1. The minimum Gasteiger partial charge on any atom is -0.494 e. The third kappa shape index (κ3) is 7.10. The molecule has 1 aromatic heterocycles. The fraction of sp³-hybridized carbons (Fsp3) is 0.286. The first-order chi connectivity index (χ1) is 18.8. The van der Waals surface area contributed by atoms with Crippen LogP contribution in [0.25, 0.3) is 5.69 Å². The van der Waals surface area contributed by atoms with E-state index in [9.17, 15) is 10.1 Å². The van der Waals surface area contributed by atoms with Crippen molar-refractivity contribution in [1.29, 1.82) is 0 Å². The Morgan fingerprint density at radius 2 is 1.77 bits per heavy atom. The first-order valence-corrected chi connectivity index (χ1v) is 14.0. The molecule has 0 amide bonds. The Kier molecular flexibility index (Phi) is 9.47. The van der Waals surface area contributed by atoms with Gasteiger partial charge in [0, 0.05) is 10.6 Å². The van der Waals surface area contributed by atoms with Crippen molar-refractivity contribution in [1.82, 2.24) is 14.8 Å². The van der Waals surface area contributed by atoms with Crippen LogP contribution < -0.4 is 14.2 Å². The fourth-order valence-corrected chi connectivity index (χ4v) is 5.68. The van der Waals surface area contributed by atoms with E-state index in [0.29, 0.717) is 45.7 Å². The van der Waals surface area contributed by atoms with Gasteiger partial charge in [-0.2, -0.15) is 0 Å². The molecule has 9 nitrogen and oxygen atoms in total. The lowest BCUT2D eigenvalue weighted by molar-refractivity contribution is -0.479. The number of aryl methyl sites for hydroxylation is 2. The Balaban J connectivity index is 1.62. The second-order valence-corrected chi connectivity index (χ2v) is 10.7. The molecule has 4 aromatic rings. The summed E-state index contributed by atoms with van der Waals surface area (Å²) in [6.07, 6.45) is 0. The summed E-state index contributed by atoms with van der Waals surface area (Å²) in [5.74, 6) is 2.43. The van der Waals surface area contributed by atoms with Crippen LogP contribution in [0.3, 0.4) is 0 Å². The molecule has 0 aliphatic carbocycles. The Hall–Kier alpha value is -3.57. The standard InChI is InChI=1S/C28H29BrN4O5S/c1-5-37-23-12-10-22(11-13-23)33-19(3)30-31-28(33)39-26(16-32(34)35)21-14-24(29)27(25(15-21)36-4)38-17-20-8-6-18(2)7-9-20/h6-15,26H,5,16-17H2,1-4H3/t26-/m1/s1. The Morgan fingerprint density at radius 3 is 2.41 bits per heavy atom. The zero-order valence-corrected chi connectivity index (χ0v) is 24.5. The summed E-state index contributed by atoms with van der Waals surface area (Å²) in [4.78, 5) is 11.4. The number of aromatic nitrogens is 3. The van der Waals surface area contributed by atoms with Gasteiger partial charge in [0.05, 0.1) is 18.2 Å². The van der Waals surface area contributed by atoms with Crippen molar-refractivity contribution in [3.8, 4) is 22.9 Å². The van der Waals surface area contributed by atoms with Crippen LogP contribution in [0.5, 0.6) is 17.2 Å². The largest absolute Gasteiger partial charge is 0.494 e. The summed E-state index contributed by atoms with van der Waals surface area (Å²) in [6, 6.07) is 19.3. The zero-order chi connectivity index (χ0) is 27.9. The predicted molar refractivity (Wildman–Crippen MR) is 154 cm³/mol. The first kappa shape index (κ1) is 28.4. The summed E-state index contributed by atoms with van der Waals surface area (Å²) in [6.45, 7) is 6.41. The summed E-state index contributed by atoms with van der Waals surface area (Å²) >= 11 is 4.86. The predicted octanol–water partition coefficient (Wildman–Crippen LogP) is 6.74. The van der Waals surface area contributed by atoms with Crippen LogP contribution in [-0.2, 0) is 6.61 Å². The van der Waals surface area contributed by atoms with E-state index in [1.807, 2.05) is 79.9 Å². The molecule has 3 aromatic carbocycles. The highest BCUT2D eigenvalue weighted by atomic mass is 79.9. The topological polar surface area (TPSA) is 102 Å². The number of nitro groups is 1. The van der Waals surface area contributed by atoms with Crippen molar-refractivity contribution >= 4 is 27.7 Å². The third-order valence-corrected chi connectivity index (χ3v) is 7.66. The van der Waals surface area contributed by atoms with Gasteiger partial charge in [0.25, 0.3) is 0 Å². The molecule has 1 heterocycles. The lowest BCUT2D eigenvalue weighted by Gasteiger charge is -2.18. The maximum absolute atomic E-state index is 11.7. The quantitative estimate of drug-likeness (QED) is 0.0984. The van der Waals surface area contributed by atoms with Gasteiger partial charge in [-0.3, -0.25) is 14.7 Å². The van der Waals surface area contributed by atoms with Crippen LogP contribution in [-0.4, -0.2) is 39.9 Å². The van der Waals surface area contributed by atoms with E-state index in [0.717, 1.165) is 17.0 Å². The summed E-state index contributed by atoms with van der Waals surface area (Å²) in [5, 5.41) is 20.2. The van der Waals surface area contributed by atoms with Crippen LogP contribution in [0, 0.1) is 24.0 Å². The minimum absolute atomic E-state index is 0.320. The van der Waals surface area contributed by atoms with Gasteiger partial charge in [0.1, 0.15) is 23.4 Å². The molecule has 0 saturated carbocycles. The molecule has 204 valence electrons. The molecule has 0 N–H and O–H groups in total. The highest BCUT2D eigenvalue weighted by molar-refractivity contribution is 9.10. The van der Waals surface area contributed by atoms with E-state index in [-0.39, 0.29) is 11.5 Å². The molecule has 0 radical (unpaired) electrons.